The van der Waals surface area contributed by atoms with Crippen LogP contribution in [0.3, 0.4) is 0 Å². The highest BCUT2D eigenvalue weighted by Gasteiger charge is 2.28. The number of ether oxygens (including phenoxy) is 1. The van der Waals surface area contributed by atoms with Crippen LogP contribution in [-0.4, -0.2) is 45.9 Å². The molecule has 2 aromatic rings. The molecule has 2 heterocycles. The first kappa shape index (κ1) is 18.2. The standard InChI is InChI=1S/C17H19ClN4O4/c1-9-5-15(21-17(19)20-9)22-3-2-4-26-8-13(22)10-7-14(23)11(16(24)25)6-12(10)18/h5-7,13,23H,2-4,8H2,1H3,(H,24,25)(H2,19,20,21)/t13-/m0/s1. The summed E-state index contributed by atoms with van der Waals surface area (Å²) in [4.78, 5) is 21.6. The van der Waals surface area contributed by atoms with Gasteiger partial charge in [0.1, 0.15) is 17.1 Å². The molecule has 3 rings (SSSR count). The smallest absolute Gasteiger partial charge is 0.339 e. The van der Waals surface area contributed by atoms with Crippen molar-refractivity contribution in [1.82, 2.24) is 9.97 Å². The van der Waals surface area contributed by atoms with E-state index < -0.39 is 5.97 Å². The Morgan fingerprint density at radius 3 is 2.85 bits per heavy atom. The lowest BCUT2D eigenvalue weighted by Crippen LogP contribution is -2.32. The zero-order chi connectivity index (χ0) is 18.8. The van der Waals surface area contributed by atoms with Crippen LogP contribution in [0.15, 0.2) is 18.2 Å². The molecule has 1 aliphatic heterocycles. The Morgan fingerprint density at radius 2 is 2.15 bits per heavy atom. The Hall–Kier alpha value is -2.58. The third-order valence-electron chi connectivity index (χ3n) is 4.20. The van der Waals surface area contributed by atoms with Crippen molar-refractivity contribution in [2.24, 2.45) is 0 Å². The van der Waals surface area contributed by atoms with Crippen LogP contribution in [0.4, 0.5) is 11.8 Å². The minimum Gasteiger partial charge on any atom is -0.507 e. The number of carboxylic acid groups (broad SMARTS) is 1. The summed E-state index contributed by atoms with van der Waals surface area (Å²) in [7, 11) is 0. The van der Waals surface area contributed by atoms with E-state index in [2.05, 4.69) is 9.97 Å². The molecule has 0 saturated carbocycles. The van der Waals surface area contributed by atoms with Crippen molar-refractivity contribution in [2.75, 3.05) is 30.4 Å². The van der Waals surface area contributed by atoms with Gasteiger partial charge in [0, 0.05) is 29.9 Å². The lowest BCUT2D eigenvalue weighted by atomic mass is 10.0. The molecule has 0 amide bonds. The fraction of sp³-hybridized carbons (Fsp3) is 0.353. The number of hydrogen-bond donors (Lipinski definition) is 3. The van der Waals surface area contributed by atoms with Crippen molar-refractivity contribution < 1.29 is 19.7 Å². The van der Waals surface area contributed by atoms with Crippen LogP contribution in [0.25, 0.3) is 0 Å². The second kappa shape index (κ2) is 7.35. The summed E-state index contributed by atoms with van der Waals surface area (Å²) in [5.74, 6) is -0.800. The van der Waals surface area contributed by atoms with Gasteiger partial charge in [-0.1, -0.05) is 11.6 Å². The summed E-state index contributed by atoms with van der Waals surface area (Å²) < 4.78 is 5.67. The highest BCUT2D eigenvalue weighted by molar-refractivity contribution is 6.32. The molecular formula is C17H19ClN4O4. The van der Waals surface area contributed by atoms with Gasteiger partial charge in [-0.15, -0.1) is 0 Å². The number of halogens is 1. The quantitative estimate of drug-likeness (QED) is 0.744. The highest BCUT2D eigenvalue weighted by Crippen LogP contribution is 2.36. The fourth-order valence-electron chi connectivity index (χ4n) is 3.04. The zero-order valence-electron chi connectivity index (χ0n) is 14.1. The van der Waals surface area contributed by atoms with Gasteiger partial charge < -0.3 is 25.6 Å². The number of anilines is 2. The van der Waals surface area contributed by atoms with E-state index in [4.69, 9.17) is 27.2 Å². The number of nitrogens with two attached hydrogens (primary N) is 1. The minimum absolute atomic E-state index is 0.166. The largest absolute Gasteiger partial charge is 0.507 e. The molecule has 9 heteroatoms. The molecule has 138 valence electrons. The van der Waals surface area contributed by atoms with Crippen LogP contribution in [-0.2, 0) is 4.74 Å². The predicted octanol–water partition coefficient (Wildman–Crippen LogP) is 2.39. The third-order valence-corrected chi connectivity index (χ3v) is 4.52. The minimum atomic E-state index is -1.25. The molecule has 0 spiro atoms. The summed E-state index contributed by atoms with van der Waals surface area (Å²) in [5, 5.41) is 19.5. The summed E-state index contributed by atoms with van der Waals surface area (Å²) in [6.07, 6.45) is 0.774. The molecule has 1 aromatic carbocycles. The number of carbonyl (C=O) groups is 1. The average molecular weight is 379 g/mol. The summed E-state index contributed by atoms with van der Waals surface area (Å²) in [5.41, 5.74) is 6.83. The molecule has 4 N–H and O–H groups in total. The van der Waals surface area contributed by atoms with Gasteiger partial charge in [-0.3, -0.25) is 0 Å². The maximum absolute atomic E-state index is 11.2. The first-order valence-corrected chi connectivity index (χ1v) is 8.46. The molecule has 1 atom stereocenters. The number of nitrogen functional groups attached to an aromatic ring is 1. The van der Waals surface area contributed by atoms with Crippen LogP contribution >= 0.6 is 11.6 Å². The molecule has 26 heavy (non-hydrogen) atoms. The molecule has 0 bridgehead atoms. The lowest BCUT2D eigenvalue weighted by Gasteiger charge is -2.31. The molecule has 1 aromatic heterocycles. The maximum atomic E-state index is 11.2. The number of benzene rings is 1. The van der Waals surface area contributed by atoms with Crippen molar-refractivity contribution in [1.29, 1.82) is 0 Å². The first-order valence-electron chi connectivity index (χ1n) is 8.08. The Labute approximate surface area is 155 Å². The van der Waals surface area contributed by atoms with Crippen LogP contribution in [0.2, 0.25) is 5.02 Å². The first-order chi connectivity index (χ1) is 12.4. The number of aryl methyl sites for hydroxylation is 1. The van der Waals surface area contributed by atoms with Gasteiger partial charge in [0.2, 0.25) is 5.95 Å². The van der Waals surface area contributed by atoms with Crippen molar-refractivity contribution in [3.05, 3.63) is 40.0 Å². The SMILES string of the molecule is Cc1cc(N2CCCOC[C@H]2c2cc(O)c(C(=O)O)cc2Cl)nc(N)n1. The van der Waals surface area contributed by atoms with Gasteiger partial charge in [-0.05, 0) is 31.0 Å². The Balaban J connectivity index is 2.07. The molecular weight excluding hydrogens is 360 g/mol. The number of hydrogen-bond acceptors (Lipinski definition) is 7. The van der Waals surface area contributed by atoms with Gasteiger partial charge in [-0.25, -0.2) is 9.78 Å². The molecule has 1 fully saturated rings. The van der Waals surface area contributed by atoms with Gasteiger partial charge in [0.05, 0.1) is 12.6 Å². The van der Waals surface area contributed by atoms with Gasteiger partial charge in [0.15, 0.2) is 0 Å². The number of carboxylic acids is 1. The van der Waals surface area contributed by atoms with Gasteiger partial charge in [-0.2, -0.15) is 4.98 Å². The van der Waals surface area contributed by atoms with E-state index in [1.165, 1.54) is 12.1 Å². The number of nitrogens with zero attached hydrogens (tertiary/aromatic N) is 3. The second-order valence-electron chi connectivity index (χ2n) is 6.06. The maximum Gasteiger partial charge on any atom is 0.339 e. The van der Waals surface area contributed by atoms with Crippen molar-refractivity contribution in [3.8, 4) is 5.75 Å². The highest BCUT2D eigenvalue weighted by atomic mass is 35.5. The molecule has 0 radical (unpaired) electrons. The zero-order valence-corrected chi connectivity index (χ0v) is 14.9. The summed E-state index contributed by atoms with van der Waals surface area (Å²) in [6.45, 7) is 3.35. The molecule has 1 saturated heterocycles. The number of rotatable bonds is 3. The Kier molecular flexibility index (Phi) is 5.15. The van der Waals surface area contributed by atoms with Gasteiger partial charge in [0.25, 0.3) is 0 Å². The Bertz CT molecular complexity index is 826. The Morgan fingerprint density at radius 1 is 1.38 bits per heavy atom. The fourth-order valence-corrected chi connectivity index (χ4v) is 3.33. The van der Waals surface area contributed by atoms with Crippen LogP contribution < -0.4 is 10.6 Å². The van der Waals surface area contributed by atoms with Crippen molar-refractivity contribution >= 4 is 29.3 Å². The van der Waals surface area contributed by atoms with E-state index in [1.807, 2.05) is 17.9 Å². The number of aromatic nitrogens is 2. The normalized spacial score (nSPS) is 17.8. The predicted molar refractivity (Wildman–Crippen MR) is 96.8 cm³/mol. The monoisotopic (exact) mass is 378 g/mol. The summed E-state index contributed by atoms with van der Waals surface area (Å²) >= 11 is 6.33. The van der Waals surface area contributed by atoms with E-state index in [-0.39, 0.29) is 28.3 Å². The lowest BCUT2D eigenvalue weighted by molar-refractivity contribution is 0.0693. The average Bonchev–Trinajstić information content (AvgIpc) is 2.81. The molecule has 0 unspecified atom stereocenters. The molecule has 8 nitrogen and oxygen atoms in total. The molecule has 0 aliphatic carbocycles. The summed E-state index contributed by atoms with van der Waals surface area (Å²) in [6, 6.07) is 4.08. The van der Waals surface area contributed by atoms with Crippen LogP contribution in [0, 0.1) is 6.92 Å². The van der Waals surface area contributed by atoms with Crippen LogP contribution in [0.1, 0.15) is 34.1 Å². The van der Waals surface area contributed by atoms with Crippen LogP contribution in [0.5, 0.6) is 5.75 Å². The van der Waals surface area contributed by atoms with E-state index >= 15 is 0 Å². The number of aromatic carboxylic acids is 1. The van der Waals surface area contributed by atoms with Crippen molar-refractivity contribution in [2.45, 2.75) is 19.4 Å². The van der Waals surface area contributed by atoms with E-state index in [1.54, 1.807) is 0 Å². The van der Waals surface area contributed by atoms with E-state index in [0.717, 1.165) is 12.1 Å². The van der Waals surface area contributed by atoms with E-state index in [9.17, 15) is 9.90 Å². The number of phenols is 1. The van der Waals surface area contributed by atoms with Gasteiger partial charge >= 0.3 is 5.97 Å². The third kappa shape index (κ3) is 3.66. The second-order valence-corrected chi connectivity index (χ2v) is 6.47. The van der Waals surface area contributed by atoms with Crippen molar-refractivity contribution in [3.63, 3.8) is 0 Å². The van der Waals surface area contributed by atoms with E-state index in [0.29, 0.717) is 31.1 Å². The molecule has 1 aliphatic rings. The topological polar surface area (TPSA) is 122 Å². The number of aromatic hydroxyl groups is 1.